The summed E-state index contributed by atoms with van der Waals surface area (Å²) in [6, 6.07) is 7.02. The summed E-state index contributed by atoms with van der Waals surface area (Å²) >= 11 is 0. The molecule has 0 aliphatic carbocycles. The van der Waals surface area contributed by atoms with E-state index >= 15 is 0 Å². The number of carbonyl (C=O) groups is 1. The molecule has 0 bridgehead atoms. The second kappa shape index (κ2) is 4.58. The third kappa shape index (κ3) is 2.46. The third-order valence-corrected chi connectivity index (χ3v) is 2.15. The van der Waals surface area contributed by atoms with Gasteiger partial charge in [-0.15, -0.1) is 0 Å². The van der Waals surface area contributed by atoms with E-state index in [0.29, 0.717) is 5.69 Å². The molecule has 1 aromatic heterocycles. The molecule has 2 aromatic rings. The number of aromatic carboxylic acids is 1. The van der Waals surface area contributed by atoms with Crippen LogP contribution in [0.25, 0.3) is 0 Å². The molecule has 0 saturated heterocycles. The molecular formula is C11H9N3O4. The minimum absolute atomic E-state index is 0.00676. The molecule has 18 heavy (non-hydrogen) atoms. The first-order valence-electron chi connectivity index (χ1n) is 4.95. The van der Waals surface area contributed by atoms with E-state index in [9.17, 15) is 14.7 Å². The average Bonchev–Trinajstić information content (AvgIpc) is 2.31. The summed E-state index contributed by atoms with van der Waals surface area (Å²) in [6.07, 6.45) is 0. The highest BCUT2D eigenvalue weighted by atomic mass is 16.4. The van der Waals surface area contributed by atoms with Crippen molar-refractivity contribution < 1.29 is 15.0 Å². The fourth-order valence-electron chi connectivity index (χ4n) is 1.38. The molecule has 0 aliphatic heterocycles. The minimum Gasteiger partial charge on any atom is -0.508 e. The van der Waals surface area contributed by atoms with E-state index in [1.54, 1.807) is 12.1 Å². The Labute approximate surface area is 101 Å². The molecule has 4 N–H and O–H groups in total. The first kappa shape index (κ1) is 11.6. The quantitative estimate of drug-likeness (QED) is 0.641. The molecule has 0 spiro atoms. The number of carboxylic acid groups (broad SMARTS) is 1. The van der Waals surface area contributed by atoms with Crippen molar-refractivity contribution in [3.05, 3.63) is 46.2 Å². The number of nitrogens with one attached hydrogen (secondary N) is 2. The summed E-state index contributed by atoms with van der Waals surface area (Å²) < 4.78 is 0. The number of phenolic OH excluding ortho intramolecular Hbond substituents is 1. The van der Waals surface area contributed by atoms with E-state index in [0.717, 1.165) is 6.07 Å². The second-order valence-electron chi connectivity index (χ2n) is 3.47. The van der Waals surface area contributed by atoms with Crippen LogP contribution in [-0.2, 0) is 0 Å². The fourth-order valence-corrected chi connectivity index (χ4v) is 1.38. The lowest BCUT2D eigenvalue weighted by Crippen LogP contribution is -2.14. The van der Waals surface area contributed by atoms with E-state index in [4.69, 9.17) is 5.11 Å². The minimum atomic E-state index is -1.27. The lowest BCUT2D eigenvalue weighted by Gasteiger charge is -2.07. The lowest BCUT2D eigenvalue weighted by atomic mass is 10.2. The van der Waals surface area contributed by atoms with Crippen molar-refractivity contribution >= 4 is 17.5 Å². The highest BCUT2D eigenvalue weighted by Crippen LogP contribution is 2.20. The third-order valence-electron chi connectivity index (χ3n) is 2.15. The second-order valence-corrected chi connectivity index (χ2v) is 3.47. The predicted molar refractivity (Wildman–Crippen MR) is 63.2 cm³/mol. The van der Waals surface area contributed by atoms with Gasteiger partial charge in [-0.2, -0.15) is 5.10 Å². The largest absolute Gasteiger partial charge is 0.508 e. The van der Waals surface area contributed by atoms with E-state index in [1.807, 2.05) is 0 Å². The van der Waals surface area contributed by atoms with E-state index in [2.05, 4.69) is 15.5 Å². The molecule has 0 atom stereocenters. The molecule has 92 valence electrons. The monoisotopic (exact) mass is 247 g/mol. The molecule has 7 heteroatoms. The topological polar surface area (TPSA) is 115 Å². The van der Waals surface area contributed by atoms with Gasteiger partial charge < -0.3 is 15.5 Å². The van der Waals surface area contributed by atoms with Crippen LogP contribution in [0.1, 0.15) is 10.4 Å². The predicted octanol–water partition coefficient (Wildman–Crippen LogP) is 0.917. The van der Waals surface area contributed by atoms with Crippen molar-refractivity contribution in [2.24, 2.45) is 0 Å². The van der Waals surface area contributed by atoms with Gasteiger partial charge in [0.1, 0.15) is 11.3 Å². The average molecular weight is 247 g/mol. The van der Waals surface area contributed by atoms with Crippen molar-refractivity contribution in [3.8, 4) is 5.75 Å². The van der Waals surface area contributed by atoms with Crippen molar-refractivity contribution in [2.75, 3.05) is 5.32 Å². The Morgan fingerprint density at radius 3 is 2.78 bits per heavy atom. The molecule has 0 saturated carbocycles. The van der Waals surface area contributed by atoms with Crippen molar-refractivity contribution in [1.29, 1.82) is 0 Å². The normalized spacial score (nSPS) is 10.0. The van der Waals surface area contributed by atoms with Crippen LogP contribution in [-0.4, -0.2) is 26.4 Å². The molecule has 0 aliphatic rings. The lowest BCUT2D eigenvalue weighted by molar-refractivity contribution is 0.0697. The number of rotatable bonds is 3. The Hall–Kier alpha value is -2.83. The van der Waals surface area contributed by atoms with E-state index in [1.165, 1.54) is 12.1 Å². The smallest absolute Gasteiger partial charge is 0.339 e. The summed E-state index contributed by atoms with van der Waals surface area (Å²) in [5.41, 5.74) is -0.395. The molecule has 0 amide bonds. The van der Waals surface area contributed by atoms with Crippen LogP contribution in [0.3, 0.4) is 0 Å². The Bertz CT molecular complexity index is 651. The summed E-state index contributed by atoms with van der Waals surface area (Å²) in [6.45, 7) is 0. The maximum atomic E-state index is 11.0. The van der Waals surface area contributed by atoms with Gasteiger partial charge in [-0.1, -0.05) is 6.07 Å². The number of aromatic hydroxyl groups is 1. The number of carboxylic acids is 1. The van der Waals surface area contributed by atoms with Gasteiger partial charge >= 0.3 is 5.97 Å². The van der Waals surface area contributed by atoms with Crippen molar-refractivity contribution in [2.45, 2.75) is 0 Å². The van der Waals surface area contributed by atoms with Gasteiger partial charge in [-0.25, -0.2) is 9.89 Å². The highest BCUT2D eigenvalue weighted by molar-refractivity contribution is 5.93. The van der Waals surface area contributed by atoms with E-state index in [-0.39, 0.29) is 17.1 Å². The van der Waals surface area contributed by atoms with Gasteiger partial charge in [0, 0.05) is 17.8 Å². The first-order valence-corrected chi connectivity index (χ1v) is 4.95. The maximum absolute atomic E-state index is 11.0. The van der Waals surface area contributed by atoms with Gasteiger partial charge in [0.05, 0.1) is 0 Å². The number of aromatic nitrogens is 2. The molecule has 2 rings (SSSR count). The molecule has 0 fully saturated rings. The number of aromatic amines is 1. The van der Waals surface area contributed by atoms with Gasteiger partial charge in [-0.3, -0.25) is 4.79 Å². The van der Waals surface area contributed by atoms with Crippen LogP contribution in [0.15, 0.2) is 35.1 Å². The number of benzene rings is 1. The number of anilines is 2. The molecule has 7 nitrogen and oxygen atoms in total. The standard InChI is InChI=1S/C11H9N3O4/c15-7-3-1-2-6(4-7)12-10-8(11(17)18)5-9(16)13-14-10/h1-5,15H,(H,12,14)(H,13,16)(H,17,18). The first-order chi connectivity index (χ1) is 8.56. The number of hydrogen-bond acceptors (Lipinski definition) is 5. The molecule has 0 unspecified atom stereocenters. The maximum Gasteiger partial charge on any atom is 0.339 e. The van der Waals surface area contributed by atoms with Crippen molar-refractivity contribution in [1.82, 2.24) is 10.2 Å². The zero-order valence-corrected chi connectivity index (χ0v) is 9.04. The molecule has 1 heterocycles. The summed E-state index contributed by atoms with van der Waals surface area (Å²) in [7, 11) is 0. The number of hydrogen-bond donors (Lipinski definition) is 4. The van der Waals surface area contributed by atoms with Gasteiger partial charge in [-0.05, 0) is 12.1 Å². The van der Waals surface area contributed by atoms with Crippen LogP contribution in [0, 0.1) is 0 Å². The number of phenols is 1. The SMILES string of the molecule is O=C(O)c1cc(=O)[nH]nc1Nc1cccc(O)c1. The summed E-state index contributed by atoms with van der Waals surface area (Å²) in [4.78, 5) is 22.0. The Kier molecular flexibility index (Phi) is 2.96. The van der Waals surface area contributed by atoms with Gasteiger partial charge in [0.25, 0.3) is 5.56 Å². The Balaban J connectivity index is 2.40. The zero-order valence-electron chi connectivity index (χ0n) is 9.04. The Morgan fingerprint density at radius 2 is 2.11 bits per heavy atom. The van der Waals surface area contributed by atoms with Crippen LogP contribution < -0.4 is 10.9 Å². The summed E-state index contributed by atoms with van der Waals surface area (Å²) in [5.74, 6) is -1.25. The van der Waals surface area contributed by atoms with Crippen LogP contribution >= 0.6 is 0 Å². The Morgan fingerprint density at radius 1 is 1.33 bits per heavy atom. The fraction of sp³-hybridized carbons (Fsp3) is 0. The zero-order chi connectivity index (χ0) is 13.1. The molecule has 1 aromatic carbocycles. The van der Waals surface area contributed by atoms with Crippen LogP contribution in [0.2, 0.25) is 0 Å². The van der Waals surface area contributed by atoms with E-state index < -0.39 is 11.5 Å². The molecular weight excluding hydrogens is 238 g/mol. The summed E-state index contributed by atoms with van der Waals surface area (Å²) in [5, 5.41) is 26.7. The van der Waals surface area contributed by atoms with Crippen LogP contribution in [0.4, 0.5) is 11.5 Å². The number of H-pyrrole nitrogens is 1. The van der Waals surface area contributed by atoms with Gasteiger partial charge in [0.15, 0.2) is 5.82 Å². The number of nitrogens with zero attached hydrogens (tertiary/aromatic N) is 1. The molecule has 0 radical (unpaired) electrons. The van der Waals surface area contributed by atoms with Crippen LogP contribution in [0.5, 0.6) is 5.75 Å². The van der Waals surface area contributed by atoms with Crippen molar-refractivity contribution in [3.63, 3.8) is 0 Å². The highest BCUT2D eigenvalue weighted by Gasteiger charge is 2.12. The van der Waals surface area contributed by atoms with Gasteiger partial charge in [0.2, 0.25) is 0 Å².